The van der Waals surface area contributed by atoms with Crippen molar-refractivity contribution in [3.63, 3.8) is 0 Å². The Hall–Kier alpha value is -2.71. The van der Waals surface area contributed by atoms with Gasteiger partial charge in [-0.15, -0.1) is 0 Å². The molecule has 1 unspecified atom stereocenters. The molecule has 2 aromatic carbocycles. The number of hydrogen-bond donors (Lipinski definition) is 1. The van der Waals surface area contributed by atoms with Gasteiger partial charge in [0.15, 0.2) is 0 Å². The van der Waals surface area contributed by atoms with Crippen LogP contribution in [-0.4, -0.2) is 43.7 Å². The average Bonchev–Trinajstić information content (AvgIpc) is 3.26. The molecule has 2 aliphatic heterocycles. The Bertz CT molecular complexity index is 1040. The van der Waals surface area contributed by atoms with E-state index in [-0.39, 0.29) is 16.7 Å². The molecule has 2 aromatic rings. The first-order chi connectivity index (χ1) is 14.5. The number of piperidine rings is 1. The Labute approximate surface area is 176 Å². The van der Waals surface area contributed by atoms with Crippen molar-refractivity contribution in [2.24, 2.45) is 0 Å². The van der Waals surface area contributed by atoms with Gasteiger partial charge < -0.3 is 10.2 Å². The lowest BCUT2D eigenvalue weighted by Crippen LogP contribution is -2.43. The van der Waals surface area contributed by atoms with E-state index in [4.69, 9.17) is 0 Å². The van der Waals surface area contributed by atoms with E-state index >= 15 is 0 Å². The van der Waals surface area contributed by atoms with Crippen LogP contribution in [0.15, 0.2) is 59.5 Å². The van der Waals surface area contributed by atoms with Crippen LogP contribution in [0.3, 0.4) is 0 Å². The molecule has 30 heavy (non-hydrogen) atoms. The maximum atomic E-state index is 13.0. The van der Waals surface area contributed by atoms with E-state index in [2.05, 4.69) is 5.32 Å². The minimum atomic E-state index is -3.74. The van der Waals surface area contributed by atoms with Crippen molar-refractivity contribution in [3.8, 4) is 0 Å². The molecule has 7 nitrogen and oxygen atoms in total. The van der Waals surface area contributed by atoms with Gasteiger partial charge in [-0.3, -0.25) is 9.59 Å². The van der Waals surface area contributed by atoms with Gasteiger partial charge in [0.1, 0.15) is 6.04 Å². The molecular weight excluding hydrogens is 402 g/mol. The number of carbonyl (C=O) groups is 2. The molecule has 2 amide bonds. The van der Waals surface area contributed by atoms with Crippen LogP contribution >= 0.6 is 0 Å². The fraction of sp³-hybridized carbons (Fsp3) is 0.364. The van der Waals surface area contributed by atoms with Crippen molar-refractivity contribution in [2.45, 2.75) is 43.0 Å². The zero-order valence-corrected chi connectivity index (χ0v) is 17.5. The van der Waals surface area contributed by atoms with Crippen molar-refractivity contribution >= 4 is 33.2 Å². The van der Waals surface area contributed by atoms with Crippen LogP contribution in [0.5, 0.6) is 0 Å². The largest absolute Gasteiger partial charge is 0.325 e. The van der Waals surface area contributed by atoms with Gasteiger partial charge in [-0.25, -0.2) is 8.42 Å². The lowest BCUT2D eigenvalue weighted by Gasteiger charge is -2.27. The number of rotatable bonds is 5. The Morgan fingerprint density at radius 3 is 2.53 bits per heavy atom. The fourth-order valence-corrected chi connectivity index (χ4v) is 5.75. The van der Waals surface area contributed by atoms with Gasteiger partial charge in [-0.1, -0.05) is 24.3 Å². The predicted molar refractivity (Wildman–Crippen MR) is 115 cm³/mol. The molecule has 4 rings (SSSR count). The summed E-state index contributed by atoms with van der Waals surface area (Å²) in [4.78, 5) is 27.1. The van der Waals surface area contributed by atoms with E-state index in [0.717, 1.165) is 18.5 Å². The van der Waals surface area contributed by atoms with Crippen LogP contribution in [-0.2, 0) is 19.6 Å². The fourth-order valence-electron chi connectivity index (χ4n) is 4.07. The Kier molecular flexibility index (Phi) is 5.87. The second-order valence-corrected chi connectivity index (χ2v) is 9.52. The topological polar surface area (TPSA) is 86.8 Å². The third-order valence-electron chi connectivity index (χ3n) is 5.60. The smallest absolute Gasteiger partial charge is 0.243 e. The first-order valence-corrected chi connectivity index (χ1v) is 11.7. The summed E-state index contributed by atoms with van der Waals surface area (Å²) in [6.45, 7) is 0.986. The van der Waals surface area contributed by atoms with Crippen LogP contribution < -0.4 is 10.2 Å². The van der Waals surface area contributed by atoms with E-state index < -0.39 is 16.1 Å². The minimum Gasteiger partial charge on any atom is -0.325 e. The average molecular weight is 428 g/mol. The van der Waals surface area contributed by atoms with Gasteiger partial charge in [0.25, 0.3) is 0 Å². The molecule has 8 heteroatoms. The zero-order valence-electron chi connectivity index (χ0n) is 16.7. The summed E-state index contributed by atoms with van der Waals surface area (Å²) in [7, 11) is -3.74. The second kappa shape index (κ2) is 8.57. The van der Waals surface area contributed by atoms with Gasteiger partial charge in [0, 0.05) is 30.9 Å². The van der Waals surface area contributed by atoms with Crippen LogP contribution in [0.1, 0.15) is 32.1 Å². The molecule has 0 radical (unpaired) electrons. The Morgan fingerprint density at radius 2 is 1.77 bits per heavy atom. The SMILES string of the molecule is O=C(Nc1cccc(N2CCCCC2=O)c1)C1CCCN1S(=O)(=O)c1ccccc1. The molecule has 2 saturated heterocycles. The summed E-state index contributed by atoms with van der Waals surface area (Å²) >= 11 is 0. The molecular formula is C22H25N3O4S. The maximum Gasteiger partial charge on any atom is 0.243 e. The summed E-state index contributed by atoms with van der Waals surface area (Å²) in [6, 6.07) is 14.6. The standard InChI is InChI=1S/C22H25N3O4S/c26-21-13-4-5-14-24(21)18-9-6-8-17(16-18)23-22(27)20-12-7-15-25(20)30(28,29)19-10-2-1-3-11-19/h1-3,6,8-11,16,20H,4-5,7,12-15H2,(H,23,27). The van der Waals surface area contributed by atoms with Crippen molar-refractivity contribution < 1.29 is 18.0 Å². The highest BCUT2D eigenvalue weighted by molar-refractivity contribution is 7.89. The number of amides is 2. The second-order valence-electron chi connectivity index (χ2n) is 7.63. The Morgan fingerprint density at radius 1 is 0.967 bits per heavy atom. The number of nitrogens with zero attached hydrogens (tertiary/aromatic N) is 2. The van der Waals surface area contributed by atoms with Crippen molar-refractivity contribution in [1.29, 1.82) is 0 Å². The molecule has 2 fully saturated rings. The van der Waals surface area contributed by atoms with Gasteiger partial charge in [-0.2, -0.15) is 4.31 Å². The quantitative estimate of drug-likeness (QED) is 0.795. The zero-order chi connectivity index (χ0) is 21.1. The first kappa shape index (κ1) is 20.6. The van der Waals surface area contributed by atoms with Crippen LogP contribution in [0, 0.1) is 0 Å². The molecule has 158 valence electrons. The number of nitrogens with one attached hydrogen (secondary N) is 1. The van der Waals surface area contributed by atoms with Crippen molar-refractivity contribution in [1.82, 2.24) is 4.31 Å². The Balaban J connectivity index is 1.51. The third kappa shape index (κ3) is 4.11. The number of hydrogen-bond acceptors (Lipinski definition) is 4. The summed E-state index contributed by atoms with van der Waals surface area (Å²) in [5.74, 6) is -0.269. The van der Waals surface area contributed by atoms with Crippen LogP contribution in [0.25, 0.3) is 0 Å². The summed E-state index contributed by atoms with van der Waals surface area (Å²) in [5, 5.41) is 2.85. The highest BCUT2D eigenvalue weighted by atomic mass is 32.2. The maximum absolute atomic E-state index is 13.0. The van der Waals surface area contributed by atoms with Gasteiger partial charge >= 0.3 is 0 Å². The number of benzene rings is 2. The monoisotopic (exact) mass is 427 g/mol. The van der Waals surface area contributed by atoms with Gasteiger partial charge in [0.05, 0.1) is 4.90 Å². The normalized spacial score (nSPS) is 20.3. The van der Waals surface area contributed by atoms with Crippen molar-refractivity contribution in [2.75, 3.05) is 23.3 Å². The van der Waals surface area contributed by atoms with Crippen molar-refractivity contribution in [3.05, 3.63) is 54.6 Å². The molecule has 1 N–H and O–H groups in total. The number of anilines is 2. The molecule has 0 aromatic heterocycles. The summed E-state index contributed by atoms with van der Waals surface area (Å²) in [5.41, 5.74) is 1.30. The predicted octanol–water partition coefficient (Wildman–Crippen LogP) is 3.00. The lowest BCUT2D eigenvalue weighted by atomic mass is 10.1. The number of sulfonamides is 1. The van der Waals surface area contributed by atoms with Crippen LogP contribution in [0.4, 0.5) is 11.4 Å². The first-order valence-electron chi connectivity index (χ1n) is 10.2. The highest BCUT2D eigenvalue weighted by Gasteiger charge is 2.39. The van der Waals surface area contributed by atoms with E-state index in [0.29, 0.717) is 38.0 Å². The molecule has 0 bridgehead atoms. The molecule has 2 aliphatic rings. The minimum absolute atomic E-state index is 0.0839. The van der Waals surface area contributed by atoms with E-state index in [9.17, 15) is 18.0 Å². The molecule has 2 heterocycles. The van der Waals surface area contributed by atoms with E-state index in [1.807, 2.05) is 6.07 Å². The molecule has 0 saturated carbocycles. The summed E-state index contributed by atoms with van der Waals surface area (Å²) < 4.78 is 27.3. The summed E-state index contributed by atoms with van der Waals surface area (Å²) in [6.07, 6.45) is 3.50. The van der Waals surface area contributed by atoms with Crippen LogP contribution in [0.2, 0.25) is 0 Å². The molecule has 1 atom stereocenters. The van der Waals surface area contributed by atoms with E-state index in [1.165, 1.54) is 4.31 Å². The highest BCUT2D eigenvalue weighted by Crippen LogP contribution is 2.28. The van der Waals surface area contributed by atoms with E-state index in [1.54, 1.807) is 53.4 Å². The number of carbonyl (C=O) groups excluding carboxylic acids is 2. The molecule has 0 aliphatic carbocycles. The van der Waals surface area contributed by atoms with Gasteiger partial charge in [0.2, 0.25) is 21.8 Å². The molecule has 0 spiro atoms. The van der Waals surface area contributed by atoms with Gasteiger partial charge in [-0.05, 0) is 56.0 Å². The third-order valence-corrected chi connectivity index (χ3v) is 7.53. The lowest BCUT2D eigenvalue weighted by molar-refractivity contribution is -0.120.